The van der Waals surface area contributed by atoms with Crippen LogP contribution in [0.25, 0.3) is 0 Å². The van der Waals surface area contributed by atoms with Crippen LogP contribution in [-0.4, -0.2) is 23.7 Å². The van der Waals surface area contributed by atoms with Crippen molar-refractivity contribution in [3.8, 4) is 18.4 Å². The molecule has 90 valence electrons. The third kappa shape index (κ3) is 1.66. The Bertz CT molecular complexity index is 322. The number of hydrogen-bond donors (Lipinski definition) is 0. The van der Waals surface area contributed by atoms with E-state index in [0.29, 0.717) is 0 Å². The minimum Gasteiger partial charge on any atom is -0.191 e. The van der Waals surface area contributed by atoms with Gasteiger partial charge in [0.15, 0.2) is 0 Å². The van der Waals surface area contributed by atoms with Crippen LogP contribution < -0.4 is 0 Å². The lowest BCUT2D eigenvalue weighted by Crippen LogP contribution is -2.61. The van der Waals surface area contributed by atoms with Gasteiger partial charge >= 0.3 is 23.7 Å². The van der Waals surface area contributed by atoms with Crippen LogP contribution in [0.15, 0.2) is 0 Å². The zero-order valence-corrected chi connectivity index (χ0v) is 7.05. The molecule has 0 radical (unpaired) electrons. The second kappa shape index (κ2) is 3.51. The molecule has 0 atom stereocenters. The normalized spacial score (nSPS) is 14.1. The molecule has 0 heterocycles. The molecule has 0 amide bonds. The Hall–Kier alpha value is -1.51. The van der Waals surface area contributed by atoms with Gasteiger partial charge in [-0.3, -0.25) is 0 Å². The Labute approximate surface area is 83.6 Å². The van der Waals surface area contributed by atoms with E-state index in [-0.39, 0.29) is 5.92 Å². The summed E-state index contributed by atoms with van der Waals surface area (Å²) in [6, 6.07) is -0.481. The molecule has 0 bridgehead atoms. The lowest BCUT2D eigenvalue weighted by Gasteiger charge is -2.31. The van der Waals surface area contributed by atoms with Crippen molar-refractivity contribution in [3.05, 3.63) is 0 Å². The molecule has 0 saturated heterocycles. The summed E-state index contributed by atoms with van der Waals surface area (Å²) in [5.41, 5.74) is 0. The van der Waals surface area contributed by atoms with Gasteiger partial charge in [-0.25, -0.2) is 0 Å². The van der Waals surface area contributed by atoms with Crippen molar-refractivity contribution in [1.29, 1.82) is 5.26 Å². The van der Waals surface area contributed by atoms with Crippen LogP contribution in [0.2, 0.25) is 0 Å². The van der Waals surface area contributed by atoms with E-state index in [9.17, 15) is 35.1 Å². The topological polar surface area (TPSA) is 23.8 Å². The average molecular weight is 251 g/mol. The van der Waals surface area contributed by atoms with Gasteiger partial charge in [-0.1, -0.05) is 0 Å². The highest BCUT2D eigenvalue weighted by Gasteiger charge is 2.80. The second-order valence-corrected chi connectivity index (χ2v) is 2.55. The quantitative estimate of drug-likeness (QED) is 0.558. The van der Waals surface area contributed by atoms with Gasteiger partial charge < -0.3 is 0 Å². The molecular weight excluding hydrogens is 250 g/mol. The molecule has 0 spiro atoms. The Kier molecular flexibility index (Phi) is 3.18. The molecule has 0 aromatic carbocycles. The maximum atomic E-state index is 12.4. The van der Waals surface area contributed by atoms with Crippen LogP contribution in [0, 0.1) is 23.7 Å². The van der Waals surface area contributed by atoms with Gasteiger partial charge in [0.1, 0.15) is 6.07 Å². The third-order valence-electron chi connectivity index (χ3n) is 1.50. The van der Waals surface area contributed by atoms with E-state index in [1.54, 1.807) is 0 Å². The molecule has 0 aliphatic carbocycles. The lowest BCUT2D eigenvalue weighted by molar-refractivity contribution is -0.339. The first-order valence-corrected chi connectivity index (χ1v) is 3.27. The Morgan fingerprint density at radius 2 is 1.06 bits per heavy atom. The lowest BCUT2D eigenvalue weighted by atomic mass is 10.00. The van der Waals surface area contributed by atoms with E-state index < -0.39 is 29.8 Å². The molecule has 0 rings (SSSR count). The van der Waals surface area contributed by atoms with E-state index in [1.807, 2.05) is 0 Å². The zero-order valence-electron chi connectivity index (χ0n) is 7.05. The predicted molar refractivity (Wildman–Crippen MR) is 34.2 cm³/mol. The molecule has 0 aromatic heterocycles. The van der Waals surface area contributed by atoms with E-state index in [2.05, 4.69) is 6.42 Å². The monoisotopic (exact) mass is 251 g/mol. The Morgan fingerprint density at radius 3 is 1.31 bits per heavy atom. The van der Waals surface area contributed by atoms with Gasteiger partial charge in [-0.15, -0.1) is 6.42 Å². The van der Waals surface area contributed by atoms with Crippen molar-refractivity contribution in [2.75, 3.05) is 0 Å². The van der Waals surface area contributed by atoms with Gasteiger partial charge in [0.2, 0.25) is 0 Å². The summed E-state index contributed by atoms with van der Waals surface area (Å²) >= 11 is 0. The van der Waals surface area contributed by atoms with E-state index in [4.69, 9.17) is 5.26 Å². The third-order valence-corrected chi connectivity index (χ3v) is 1.50. The first-order chi connectivity index (χ1) is 6.87. The smallest absolute Gasteiger partial charge is 0.191 e. The van der Waals surface area contributed by atoms with Crippen molar-refractivity contribution in [1.82, 2.24) is 0 Å². The standard InChI is InChI=1S/C7HF8N/c1-2-4(8,9)6(12,13)7(14,15)5(10,11)3-16/h1H. The second-order valence-electron chi connectivity index (χ2n) is 2.55. The van der Waals surface area contributed by atoms with Crippen molar-refractivity contribution in [2.24, 2.45) is 0 Å². The van der Waals surface area contributed by atoms with E-state index in [0.717, 1.165) is 0 Å². The van der Waals surface area contributed by atoms with Gasteiger partial charge in [0, 0.05) is 0 Å². The highest BCUT2D eigenvalue weighted by molar-refractivity contribution is 5.19. The number of halogens is 8. The molecule has 1 nitrogen and oxygen atoms in total. The summed E-state index contributed by atoms with van der Waals surface area (Å²) in [6.07, 6.45) is 3.83. The summed E-state index contributed by atoms with van der Waals surface area (Å²) in [4.78, 5) is 0. The summed E-state index contributed by atoms with van der Waals surface area (Å²) < 4.78 is 98.1. The highest BCUT2D eigenvalue weighted by atomic mass is 19.4. The molecule has 0 aromatic rings. The molecule has 16 heavy (non-hydrogen) atoms. The number of nitriles is 1. The van der Waals surface area contributed by atoms with Crippen LogP contribution >= 0.6 is 0 Å². The van der Waals surface area contributed by atoms with Gasteiger partial charge in [0.05, 0.1) is 0 Å². The van der Waals surface area contributed by atoms with Crippen molar-refractivity contribution in [3.63, 3.8) is 0 Å². The van der Waals surface area contributed by atoms with E-state index in [1.165, 1.54) is 0 Å². The zero-order chi connectivity index (χ0) is 13.4. The van der Waals surface area contributed by atoms with Crippen molar-refractivity contribution >= 4 is 0 Å². The molecule has 0 N–H and O–H groups in total. The van der Waals surface area contributed by atoms with Crippen LogP contribution in [0.4, 0.5) is 35.1 Å². The number of alkyl halides is 8. The minimum absolute atomic E-state index is 0.0222. The average Bonchev–Trinajstić information content (AvgIpc) is 2.16. The van der Waals surface area contributed by atoms with Crippen molar-refractivity contribution < 1.29 is 35.1 Å². The molecule has 0 aliphatic rings. The summed E-state index contributed by atoms with van der Waals surface area (Å²) in [5, 5.41) is 7.52. The fraction of sp³-hybridized carbons (Fsp3) is 0.571. The minimum atomic E-state index is -6.59. The van der Waals surface area contributed by atoms with Gasteiger partial charge in [-0.2, -0.15) is 40.4 Å². The van der Waals surface area contributed by atoms with Crippen LogP contribution in [-0.2, 0) is 0 Å². The summed E-state index contributed by atoms with van der Waals surface area (Å²) in [6.45, 7) is 0. The number of hydrogen-bond acceptors (Lipinski definition) is 1. The van der Waals surface area contributed by atoms with E-state index >= 15 is 0 Å². The predicted octanol–water partition coefficient (Wildman–Crippen LogP) is 2.68. The summed E-state index contributed by atoms with van der Waals surface area (Å²) in [5.74, 6) is -24.9. The SMILES string of the molecule is C#CC(F)(F)C(F)(F)C(F)(F)C(F)(F)C#N. The summed E-state index contributed by atoms with van der Waals surface area (Å²) in [7, 11) is 0. The maximum absolute atomic E-state index is 12.4. The molecule has 0 unspecified atom stereocenters. The van der Waals surface area contributed by atoms with Crippen LogP contribution in [0.5, 0.6) is 0 Å². The Morgan fingerprint density at radius 1 is 0.750 bits per heavy atom. The number of terminal acetylenes is 1. The molecule has 0 fully saturated rings. The van der Waals surface area contributed by atoms with Crippen molar-refractivity contribution in [2.45, 2.75) is 23.7 Å². The fourth-order valence-corrected chi connectivity index (χ4v) is 0.555. The first kappa shape index (κ1) is 14.5. The molecule has 0 saturated carbocycles. The largest absolute Gasteiger partial charge is 0.400 e. The van der Waals surface area contributed by atoms with Crippen LogP contribution in [0.3, 0.4) is 0 Å². The highest BCUT2D eigenvalue weighted by Crippen LogP contribution is 2.51. The maximum Gasteiger partial charge on any atom is 0.400 e. The first-order valence-electron chi connectivity index (χ1n) is 3.27. The molecule has 9 heteroatoms. The number of rotatable bonds is 3. The Balaban J connectivity index is 5.70. The molecule has 0 aliphatic heterocycles. The fourth-order valence-electron chi connectivity index (χ4n) is 0.555. The number of nitrogens with zero attached hydrogens (tertiary/aromatic N) is 1. The van der Waals surface area contributed by atoms with Gasteiger partial charge in [-0.05, 0) is 5.92 Å². The van der Waals surface area contributed by atoms with Gasteiger partial charge in [0.25, 0.3) is 0 Å². The molecular formula is C7HF8N. The van der Waals surface area contributed by atoms with Crippen LogP contribution in [0.1, 0.15) is 0 Å².